The summed E-state index contributed by atoms with van der Waals surface area (Å²) in [6, 6.07) is 9.65. The Kier molecular flexibility index (Phi) is 6.87. The summed E-state index contributed by atoms with van der Waals surface area (Å²) in [5.74, 6) is 1.04. The van der Waals surface area contributed by atoms with E-state index in [2.05, 4.69) is 5.32 Å². The average molecular weight is 285 g/mol. The van der Waals surface area contributed by atoms with Crippen molar-refractivity contribution in [2.45, 2.75) is 25.8 Å². The minimum absolute atomic E-state index is 0.0133. The molecule has 0 spiro atoms. The zero-order chi connectivity index (χ0) is 14.1. The van der Waals surface area contributed by atoms with Gasteiger partial charge in [-0.3, -0.25) is 0 Å². The van der Waals surface area contributed by atoms with Gasteiger partial charge in [0.05, 0.1) is 12.4 Å². The third-order valence-corrected chi connectivity index (χ3v) is 3.71. The van der Waals surface area contributed by atoms with E-state index in [-0.39, 0.29) is 11.8 Å². The molecular weight excluding hydrogens is 262 g/mol. The molecule has 1 atom stereocenters. The van der Waals surface area contributed by atoms with Crippen molar-refractivity contribution in [1.29, 1.82) is 0 Å². The molecule has 108 valence electrons. The van der Waals surface area contributed by atoms with Gasteiger partial charge in [-0.05, 0) is 31.5 Å². The molecule has 0 saturated heterocycles. The summed E-state index contributed by atoms with van der Waals surface area (Å²) in [5, 5.41) is 3.20. The monoisotopic (exact) mass is 285 g/mol. The normalized spacial score (nSPS) is 13.2. The van der Waals surface area contributed by atoms with E-state index in [0.717, 1.165) is 25.1 Å². The standard InChI is InChI=1S/C14H23NO3S/c1-3-15-13(12-19(2,16)17)8-7-11-18-14-9-5-4-6-10-14/h4-6,9-10,13,15H,3,7-8,11-12H2,1-2H3. The van der Waals surface area contributed by atoms with Gasteiger partial charge in [-0.2, -0.15) is 0 Å². The molecule has 1 rings (SSSR count). The van der Waals surface area contributed by atoms with E-state index in [1.807, 2.05) is 37.3 Å². The van der Waals surface area contributed by atoms with Crippen molar-refractivity contribution < 1.29 is 13.2 Å². The van der Waals surface area contributed by atoms with E-state index in [4.69, 9.17) is 4.74 Å². The van der Waals surface area contributed by atoms with Crippen LogP contribution in [0.3, 0.4) is 0 Å². The maximum absolute atomic E-state index is 11.3. The van der Waals surface area contributed by atoms with Crippen LogP contribution < -0.4 is 10.1 Å². The van der Waals surface area contributed by atoms with Gasteiger partial charge in [-0.1, -0.05) is 25.1 Å². The van der Waals surface area contributed by atoms with Crippen LogP contribution in [0.4, 0.5) is 0 Å². The largest absolute Gasteiger partial charge is 0.494 e. The molecule has 0 aliphatic heterocycles. The summed E-state index contributed by atoms with van der Waals surface area (Å²) < 4.78 is 28.2. The minimum Gasteiger partial charge on any atom is -0.494 e. The summed E-state index contributed by atoms with van der Waals surface area (Å²) in [7, 11) is -2.94. The fraction of sp³-hybridized carbons (Fsp3) is 0.571. The van der Waals surface area contributed by atoms with Crippen LogP contribution in [-0.2, 0) is 9.84 Å². The highest BCUT2D eigenvalue weighted by atomic mass is 32.2. The van der Waals surface area contributed by atoms with Gasteiger partial charge in [0, 0.05) is 12.3 Å². The summed E-state index contributed by atoms with van der Waals surface area (Å²) >= 11 is 0. The first-order valence-electron chi connectivity index (χ1n) is 6.60. The Balaban J connectivity index is 2.28. The van der Waals surface area contributed by atoms with Gasteiger partial charge in [0.25, 0.3) is 0 Å². The number of para-hydroxylation sites is 1. The molecule has 0 heterocycles. The Labute approximate surface area is 116 Å². The van der Waals surface area contributed by atoms with Gasteiger partial charge in [-0.15, -0.1) is 0 Å². The molecule has 0 amide bonds. The Hall–Kier alpha value is -1.07. The lowest BCUT2D eigenvalue weighted by atomic mass is 10.2. The van der Waals surface area contributed by atoms with E-state index in [1.165, 1.54) is 6.26 Å². The molecule has 1 unspecified atom stereocenters. The van der Waals surface area contributed by atoms with Gasteiger partial charge in [0.15, 0.2) is 0 Å². The molecule has 0 radical (unpaired) electrons. The van der Waals surface area contributed by atoms with Crippen LogP contribution in [0.25, 0.3) is 0 Å². The molecule has 1 N–H and O–H groups in total. The second-order valence-corrected chi connectivity index (χ2v) is 6.84. The van der Waals surface area contributed by atoms with Crippen molar-refractivity contribution in [2.75, 3.05) is 25.2 Å². The van der Waals surface area contributed by atoms with Gasteiger partial charge in [-0.25, -0.2) is 8.42 Å². The minimum atomic E-state index is -2.94. The van der Waals surface area contributed by atoms with Crippen molar-refractivity contribution in [3.8, 4) is 5.75 Å². The smallest absolute Gasteiger partial charge is 0.148 e. The Morgan fingerprint density at radius 2 is 1.95 bits per heavy atom. The summed E-state index contributed by atoms with van der Waals surface area (Å²) in [5.41, 5.74) is 0. The van der Waals surface area contributed by atoms with Crippen molar-refractivity contribution in [1.82, 2.24) is 5.32 Å². The van der Waals surface area contributed by atoms with E-state index in [9.17, 15) is 8.42 Å². The Morgan fingerprint density at radius 1 is 1.26 bits per heavy atom. The van der Waals surface area contributed by atoms with Gasteiger partial charge < -0.3 is 10.1 Å². The third kappa shape index (κ3) is 7.85. The first-order chi connectivity index (χ1) is 9.01. The average Bonchev–Trinajstić information content (AvgIpc) is 2.34. The molecule has 1 aromatic carbocycles. The zero-order valence-electron chi connectivity index (χ0n) is 11.6. The summed E-state index contributed by atoms with van der Waals surface area (Å²) in [4.78, 5) is 0. The number of ether oxygens (including phenoxy) is 1. The molecule has 0 fully saturated rings. The van der Waals surface area contributed by atoms with Crippen molar-refractivity contribution in [2.24, 2.45) is 0 Å². The fourth-order valence-corrected chi connectivity index (χ4v) is 2.95. The first-order valence-corrected chi connectivity index (χ1v) is 8.66. The Bertz CT molecular complexity index is 445. The number of benzene rings is 1. The van der Waals surface area contributed by atoms with E-state index in [1.54, 1.807) is 0 Å². The number of sulfone groups is 1. The second kappa shape index (κ2) is 8.17. The highest BCUT2D eigenvalue weighted by molar-refractivity contribution is 7.90. The first kappa shape index (κ1) is 16.0. The van der Waals surface area contributed by atoms with Crippen LogP contribution in [0.1, 0.15) is 19.8 Å². The van der Waals surface area contributed by atoms with Crippen molar-refractivity contribution in [3.63, 3.8) is 0 Å². The molecule has 5 heteroatoms. The van der Waals surface area contributed by atoms with E-state index in [0.29, 0.717) is 6.61 Å². The van der Waals surface area contributed by atoms with E-state index >= 15 is 0 Å². The molecule has 4 nitrogen and oxygen atoms in total. The Morgan fingerprint density at radius 3 is 2.53 bits per heavy atom. The SMILES string of the molecule is CCNC(CCCOc1ccccc1)CS(C)(=O)=O. The molecule has 0 bridgehead atoms. The lowest BCUT2D eigenvalue weighted by Crippen LogP contribution is -2.35. The molecule has 0 aliphatic carbocycles. The van der Waals surface area contributed by atoms with Crippen LogP contribution in [0, 0.1) is 0 Å². The summed E-state index contributed by atoms with van der Waals surface area (Å²) in [6.45, 7) is 3.37. The molecule has 0 aliphatic rings. The summed E-state index contributed by atoms with van der Waals surface area (Å²) in [6.07, 6.45) is 2.91. The predicted molar refractivity (Wildman–Crippen MR) is 78.3 cm³/mol. The molecule has 19 heavy (non-hydrogen) atoms. The van der Waals surface area contributed by atoms with Crippen LogP contribution in [-0.4, -0.2) is 39.6 Å². The quantitative estimate of drug-likeness (QED) is 0.704. The third-order valence-electron chi connectivity index (χ3n) is 2.71. The fourth-order valence-electron chi connectivity index (χ4n) is 1.93. The number of hydrogen-bond donors (Lipinski definition) is 1. The van der Waals surface area contributed by atoms with Crippen molar-refractivity contribution in [3.05, 3.63) is 30.3 Å². The second-order valence-electron chi connectivity index (χ2n) is 4.65. The number of hydrogen-bond acceptors (Lipinski definition) is 4. The van der Waals surface area contributed by atoms with Crippen LogP contribution in [0.5, 0.6) is 5.75 Å². The molecular formula is C14H23NO3S. The predicted octanol–water partition coefficient (Wildman–Crippen LogP) is 1.87. The van der Waals surface area contributed by atoms with Crippen molar-refractivity contribution >= 4 is 9.84 Å². The van der Waals surface area contributed by atoms with Crippen LogP contribution in [0.15, 0.2) is 30.3 Å². The molecule has 0 aromatic heterocycles. The zero-order valence-corrected chi connectivity index (χ0v) is 12.4. The van der Waals surface area contributed by atoms with Crippen LogP contribution >= 0.6 is 0 Å². The lowest BCUT2D eigenvalue weighted by Gasteiger charge is -2.16. The number of nitrogens with one attached hydrogen (secondary N) is 1. The van der Waals surface area contributed by atoms with E-state index < -0.39 is 9.84 Å². The molecule has 1 aromatic rings. The maximum atomic E-state index is 11.3. The van der Waals surface area contributed by atoms with Gasteiger partial charge in [0.1, 0.15) is 15.6 Å². The topological polar surface area (TPSA) is 55.4 Å². The molecule has 0 saturated carbocycles. The van der Waals surface area contributed by atoms with Crippen LogP contribution in [0.2, 0.25) is 0 Å². The maximum Gasteiger partial charge on any atom is 0.148 e. The highest BCUT2D eigenvalue weighted by Crippen LogP contribution is 2.09. The van der Waals surface area contributed by atoms with Gasteiger partial charge >= 0.3 is 0 Å². The number of rotatable bonds is 9. The van der Waals surface area contributed by atoms with Gasteiger partial charge in [0.2, 0.25) is 0 Å². The lowest BCUT2D eigenvalue weighted by molar-refractivity contribution is 0.298. The highest BCUT2D eigenvalue weighted by Gasteiger charge is 2.13.